The molecular formula is C15H13FN2O4. The van der Waals surface area contributed by atoms with E-state index in [0.717, 1.165) is 23.8 Å². The first-order valence-electron chi connectivity index (χ1n) is 6.35. The molecule has 6 nitrogen and oxygen atoms in total. The van der Waals surface area contributed by atoms with Gasteiger partial charge in [0.1, 0.15) is 5.82 Å². The molecule has 2 aromatic rings. The molecule has 22 heavy (non-hydrogen) atoms. The number of carbonyl (C=O) groups excluding carboxylic acids is 1. The van der Waals surface area contributed by atoms with Gasteiger partial charge in [0.15, 0.2) is 0 Å². The predicted octanol–water partition coefficient (Wildman–Crippen LogP) is 3.13. The van der Waals surface area contributed by atoms with Crippen LogP contribution in [0.15, 0.2) is 42.5 Å². The number of hydrogen-bond donors (Lipinski definition) is 1. The minimum Gasteiger partial charge on any atom is -0.380 e. The zero-order valence-corrected chi connectivity index (χ0v) is 11.7. The Bertz CT molecular complexity index is 718. The number of rotatable bonds is 5. The molecule has 0 aromatic heterocycles. The molecule has 2 rings (SSSR count). The predicted molar refractivity (Wildman–Crippen MR) is 78.2 cm³/mol. The summed E-state index contributed by atoms with van der Waals surface area (Å²) in [4.78, 5) is 22.0. The first-order valence-corrected chi connectivity index (χ1v) is 6.35. The van der Waals surface area contributed by atoms with Crippen LogP contribution in [0.2, 0.25) is 0 Å². The molecule has 0 bridgehead atoms. The molecule has 0 unspecified atom stereocenters. The van der Waals surface area contributed by atoms with E-state index in [9.17, 15) is 19.3 Å². The van der Waals surface area contributed by atoms with Gasteiger partial charge < -0.3 is 10.1 Å². The maximum absolute atomic E-state index is 13.8. The highest BCUT2D eigenvalue weighted by Crippen LogP contribution is 2.20. The van der Waals surface area contributed by atoms with Gasteiger partial charge in [-0.25, -0.2) is 4.39 Å². The first kappa shape index (κ1) is 15.6. The minimum absolute atomic E-state index is 0.266. The Morgan fingerprint density at radius 1 is 1.32 bits per heavy atom. The molecular weight excluding hydrogens is 291 g/mol. The quantitative estimate of drug-likeness (QED) is 0.679. The van der Waals surface area contributed by atoms with Crippen LogP contribution in [0.1, 0.15) is 15.9 Å². The Morgan fingerprint density at radius 3 is 2.68 bits per heavy atom. The van der Waals surface area contributed by atoms with Gasteiger partial charge in [0.05, 0.1) is 23.2 Å². The van der Waals surface area contributed by atoms with E-state index in [4.69, 9.17) is 4.74 Å². The fourth-order valence-corrected chi connectivity index (χ4v) is 1.91. The van der Waals surface area contributed by atoms with E-state index in [1.807, 2.05) is 0 Å². The van der Waals surface area contributed by atoms with Gasteiger partial charge in [-0.15, -0.1) is 0 Å². The van der Waals surface area contributed by atoms with Crippen molar-refractivity contribution in [3.05, 3.63) is 69.5 Å². The Hall–Kier alpha value is -2.80. The Balaban J connectivity index is 2.25. The second-order valence-electron chi connectivity index (χ2n) is 4.47. The highest BCUT2D eigenvalue weighted by molar-refractivity contribution is 6.05. The van der Waals surface area contributed by atoms with Crippen LogP contribution in [0.4, 0.5) is 15.8 Å². The fourth-order valence-electron chi connectivity index (χ4n) is 1.91. The van der Waals surface area contributed by atoms with Gasteiger partial charge in [-0.1, -0.05) is 18.2 Å². The van der Waals surface area contributed by atoms with Gasteiger partial charge in [-0.2, -0.15) is 0 Å². The molecule has 1 amide bonds. The number of nitrogens with one attached hydrogen (secondary N) is 1. The average molecular weight is 304 g/mol. The van der Waals surface area contributed by atoms with Crippen LogP contribution in [0.5, 0.6) is 0 Å². The zero-order chi connectivity index (χ0) is 16.1. The third kappa shape index (κ3) is 3.44. The molecule has 0 aliphatic carbocycles. The molecule has 2 aromatic carbocycles. The van der Waals surface area contributed by atoms with E-state index in [-0.39, 0.29) is 5.56 Å². The molecule has 7 heteroatoms. The molecule has 0 aliphatic heterocycles. The summed E-state index contributed by atoms with van der Waals surface area (Å²) in [6, 6.07) is 9.83. The molecule has 0 radical (unpaired) electrons. The van der Waals surface area contributed by atoms with Crippen LogP contribution in [0.25, 0.3) is 0 Å². The fraction of sp³-hybridized carbons (Fsp3) is 0.133. The van der Waals surface area contributed by atoms with Gasteiger partial charge in [0.2, 0.25) is 0 Å². The van der Waals surface area contributed by atoms with Crippen molar-refractivity contribution >= 4 is 17.3 Å². The molecule has 0 fully saturated rings. The monoisotopic (exact) mass is 304 g/mol. The normalized spacial score (nSPS) is 10.3. The highest BCUT2D eigenvalue weighted by Gasteiger charge is 2.17. The third-order valence-electron chi connectivity index (χ3n) is 2.97. The summed E-state index contributed by atoms with van der Waals surface area (Å²) in [5, 5.41) is 13.1. The Labute approximate surface area is 125 Å². The van der Waals surface area contributed by atoms with E-state index < -0.39 is 22.3 Å². The number of para-hydroxylation sites is 1. The summed E-state index contributed by atoms with van der Waals surface area (Å²) >= 11 is 0. The molecule has 0 atom stereocenters. The second-order valence-corrected chi connectivity index (χ2v) is 4.47. The number of methoxy groups -OCH3 is 1. The number of carbonyl (C=O) groups is 1. The summed E-state index contributed by atoms with van der Waals surface area (Å²) < 4.78 is 18.8. The van der Waals surface area contributed by atoms with E-state index in [2.05, 4.69) is 5.32 Å². The first-order chi connectivity index (χ1) is 10.5. The number of halogens is 1. The van der Waals surface area contributed by atoms with Gasteiger partial charge >= 0.3 is 0 Å². The Morgan fingerprint density at radius 2 is 2.05 bits per heavy atom. The molecule has 1 N–H and O–H groups in total. The topological polar surface area (TPSA) is 81.5 Å². The highest BCUT2D eigenvalue weighted by atomic mass is 19.1. The molecule has 0 saturated carbocycles. The summed E-state index contributed by atoms with van der Waals surface area (Å²) in [6.45, 7) is 0.291. The Kier molecular flexibility index (Phi) is 4.80. The number of hydrogen-bond acceptors (Lipinski definition) is 4. The third-order valence-corrected chi connectivity index (χ3v) is 2.97. The molecule has 114 valence electrons. The lowest BCUT2D eigenvalue weighted by Crippen LogP contribution is -2.15. The average Bonchev–Trinajstić information content (AvgIpc) is 2.49. The van der Waals surface area contributed by atoms with Gasteiger partial charge in [-0.05, 0) is 12.1 Å². The van der Waals surface area contributed by atoms with Gasteiger partial charge in [-0.3, -0.25) is 14.9 Å². The number of ether oxygens (including phenoxy) is 1. The number of nitro groups is 1. The molecule has 0 aliphatic rings. The number of benzene rings is 2. The smallest absolute Gasteiger partial charge is 0.272 e. The van der Waals surface area contributed by atoms with Crippen LogP contribution < -0.4 is 5.32 Å². The van der Waals surface area contributed by atoms with Crippen molar-refractivity contribution in [1.29, 1.82) is 0 Å². The van der Waals surface area contributed by atoms with Crippen molar-refractivity contribution in [2.45, 2.75) is 6.61 Å². The summed E-state index contributed by atoms with van der Waals surface area (Å²) in [6.07, 6.45) is 0. The van der Waals surface area contributed by atoms with Crippen molar-refractivity contribution in [3.63, 3.8) is 0 Å². The lowest BCUT2D eigenvalue weighted by Gasteiger charge is -2.10. The molecule has 0 heterocycles. The van der Waals surface area contributed by atoms with E-state index in [1.54, 1.807) is 24.3 Å². The van der Waals surface area contributed by atoms with E-state index in [1.165, 1.54) is 7.11 Å². The minimum atomic E-state index is -0.948. The number of non-ortho nitro benzene ring substituents is 1. The van der Waals surface area contributed by atoms with Crippen LogP contribution in [0, 0.1) is 15.9 Å². The van der Waals surface area contributed by atoms with Crippen LogP contribution >= 0.6 is 0 Å². The summed E-state index contributed by atoms with van der Waals surface area (Å²) in [5.41, 5.74) is 0.555. The number of amides is 1. The standard InChI is InChI=1S/C15H13FN2O4/c1-22-9-10-4-2-3-5-14(10)17-15(19)12-7-6-11(18(20)21)8-13(12)16/h2-8H,9H2,1H3,(H,17,19). The number of anilines is 1. The maximum Gasteiger partial charge on any atom is 0.272 e. The summed E-state index contributed by atoms with van der Waals surface area (Å²) in [7, 11) is 1.52. The number of nitro benzene ring substituents is 1. The van der Waals surface area contributed by atoms with Crippen molar-refractivity contribution < 1.29 is 18.8 Å². The lowest BCUT2D eigenvalue weighted by molar-refractivity contribution is -0.385. The zero-order valence-electron chi connectivity index (χ0n) is 11.7. The summed E-state index contributed by atoms with van der Waals surface area (Å²) in [5.74, 6) is -1.63. The maximum atomic E-state index is 13.8. The largest absolute Gasteiger partial charge is 0.380 e. The van der Waals surface area contributed by atoms with Crippen molar-refractivity contribution in [1.82, 2.24) is 0 Å². The lowest BCUT2D eigenvalue weighted by atomic mass is 10.1. The van der Waals surface area contributed by atoms with Crippen molar-refractivity contribution in [2.75, 3.05) is 12.4 Å². The van der Waals surface area contributed by atoms with Crippen LogP contribution in [0.3, 0.4) is 0 Å². The SMILES string of the molecule is COCc1ccccc1NC(=O)c1ccc([N+](=O)[O-])cc1F. The number of nitrogens with zero attached hydrogens (tertiary/aromatic N) is 1. The molecule has 0 saturated heterocycles. The van der Waals surface area contributed by atoms with E-state index >= 15 is 0 Å². The van der Waals surface area contributed by atoms with Crippen molar-refractivity contribution in [2.24, 2.45) is 0 Å². The van der Waals surface area contributed by atoms with Crippen LogP contribution in [-0.4, -0.2) is 17.9 Å². The second kappa shape index (κ2) is 6.77. The van der Waals surface area contributed by atoms with Crippen LogP contribution in [-0.2, 0) is 11.3 Å². The van der Waals surface area contributed by atoms with Gasteiger partial charge in [0, 0.05) is 24.4 Å². The van der Waals surface area contributed by atoms with E-state index in [0.29, 0.717) is 12.3 Å². The molecule has 0 spiro atoms. The van der Waals surface area contributed by atoms with Crippen molar-refractivity contribution in [3.8, 4) is 0 Å². The van der Waals surface area contributed by atoms with Gasteiger partial charge in [0.25, 0.3) is 11.6 Å².